The molecule has 0 bridgehead atoms. The van der Waals surface area contributed by atoms with Gasteiger partial charge in [0.25, 0.3) is 0 Å². The molecular weight excluding hydrogens is 318 g/mol. The molecule has 1 N–H and O–H groups in total. The van der Waals surface area contributed by atoms with E-state index in [1.165, 1.54) is 0 Å². The minimum Gasteiger partial charge on any atom is -0.472 e. The van der Waals surface area contributed by atoms with Crippen LogP contribution in [-0.2, 0) is 16.6 Å². The number of hydrogen-bond donors (Lipinski definition) is 1. The average molecular weight is 333 g/mol. The SMILES string of the molecule is Cc1noc(C)c1S(=O)(=O)NCc1ccc(-c2ccoc2)nc1. The number of aromatic nitrogens is 2. The van der Waals surface area contributed by atoms with Crippen molar-refractivity contribution < 1.29 is 17.4 Å². The van der Waals surface area contributed by atoms with Crippen molar-refractivity contribution in [1.29, 1.82) is 0 Å². The van der Waals surface area contributed by atoms with Gasteiger partial charge < -0.3 is 8.94 Å². The van der Waals surface area contributed by atoms with Gasteiger partial charge in [-0.25, -0.2) is 13.1 Å². The first-order chi connectivity index (χ1) is 11.0. The van der Waals surface area contributed by atoms with Gasteiger partial charge in [-0.05, 0) is 31.5 Å². The standard InChI is InChI=1S/C15H15N3O4S/c1-10-15(11(2)22-18-10)23(19,20)17-8-12-3-4-14(16-7-12)13-5-6-21-9-13/h3-7,9,17H,8H2,1-2H3. The highest BCUT2D eigenvalue weighted by Gasteiger charge is 2.23. The largest absolute Gasteiger partial charge is 0.472 e. The van der Waals surface area contributed by atoms with Crippen LogP contribution in [0.5, 0.6) is 0 Å². The van der Waals surface area contributed by atoms with Crippen LogP contribution in [0.3, 0.4) is 0 Å². The lowest BCUT2D eigenvalue weighted by Crippen LogP contribution is -2.24. The monoisotopic (exact) mass is 333 g/mol. The van der Waals surface area contributed by atoms with Gasteiger partial charge in [0.05, 0.1) is 18.2 Å². The number of nitrogens with one attached hydrogen (secondary N) is 1. The highest BCUT2D eigenvalue weighted by Crippen LogP contribution is 2.20. The predicted molar refractivity (Wildman–Crippen MR) is 81.9 cm³/mol. The summed E-state index contributed by atoms with van der Waals surface area (Å²) in [4.78, 5) is 4.38. The zero-order valence-corrected chi connectivity index (χ0v) is 13.4. The van der Waals surface area contributed by atoms with E-state index in [4.69, 9.17) is 8.94 Å². The number of hydrogen-bond acceptors (Lipinski definition) is 6. The van der Waals surface area contributed by atoms with Gasteiger partial charge in [-0.3, -0.25) is 4.98 Å². The molecule has 0 spiro atoms. The average Bonchev–Trinajstić information content (AvgIpc) is 3.16. The highest BCUT2D eigenvalue weighted by molar-refractivity contribution is 7.89. The van der Waals surface area contributed by atoms with Gasteiger partial charge in [0.1, 0.15) is 10.6 Å². The van der Waals surface area contributed by atoms with Gasteiger partial charge in [0.15, 0.2) is 5.76 Å². The molecule has 0 aliphatic heterocycles. The maximum absolute atomic E-state index is 12.3. The first-order valence-corrected chi connectivity index (χ1v) is 8.36. The Labute approximate surface area is 133 Å². The molecule has 0 atom stereocenters. The molecule has 0 fully saturated rings. The number of pyridine rings is 1. The van der Waals surface area contributed by atoms with Gasteiger partial charge in [0, 0.05) is 18.3 Å². The number of aryl methyl sites for hydroxylation is 2. The smallest absolute Gasteiger partial charge is 0.246 e. The van der Waals surface area contributed by atoms with Gasteiger partial charge in [-0.1, -0.05) is 11.2 Å². The van der Waals surface area contributed by atoms with Crippen LogP contribution in [0.4, 0.5) is 0 Å². The third kappa shape index (κ3) is 3.17. The molecular formula is C15H15N3O4S. The molecule has 3 heterocycles. The molecule has 23 heavy (non-hydrogen) atoms. The van der Waals surface area contributed by atoms with E-state index in [9.17, 15) is 8.42 Å². The molecule has 0 saturated heterocycles. The van der Waals surface area contributed by atoms with E-state index >= 15 is 0 Å². The normalized spacial score (nSPS) is 11.7. The molecule has 120 valence electrons. The van der Waals surface area contributed by atoms with Crippen molar-refractivity contribution in [3.05, 3.63) is 53.9 Å². The lowest BCUT2D eigenvalue weighted by atomic mass is 10.2. The van der Waals surface area contributed by atoms with Crippen LogP contribution in [0.25, 0.3) is 11.3 Å². The van der Waals surface area contributed by atoms with Gasteiger partial charge in [-0.15, -0.1) is 0 Å². The topological polar surface area (TPSA) is 98.2 Å². The summed E-state index contributed by atoms with van der Waals surface area (Å²) in [5.41, 5.74) is 2.71. The van der Waals surface area contributed by atoms with E-state index in [-0.39, 0.29) is 17.2 Å². The number of sulfonamides is 1. The van der Waals surface area contributed by atoms with Crippen molar-refractivity contribution in [1.82, 2.24) is 14.9 Å². The first kappa shape index (κ1) is 15.4. The second kappa shape index (κ2) is 5.98. The molecule has 0 saturated carbocycles. The fourth-order valence-corrected chi connectivity index (χ4v) is 3.56. The predicted octanol–water partition coefficient (Wildman–Crippen LogP) is 2.42. The van der Waals surface area contributed by atoms with Crippen molar-refractivity contribution >= 4 is 10.0 Å². The number of nitrogens with zero attached hydrogens (tertiary/aromatic N) is 2. The number of furan rings is 1. The lowest BCUT2D eigenvalue weighted by Gasteiger charge is -2.06. The molecule has 0 radical (unpaired) electrons. The Morgan fingerprint density at radius 2 is 2.04 bits per heavy atom. The molecule has 3 aromatic heterocycles. The van der Waals surface area contributed by atoms with Gasteiger partial charge >= 0.3 is 0 Å². The van der Waals surface area contributed by atoms with Crippen LogP contribution < -0.4 is 4.72 Å². The molecule has 3 aromatic rings. The summed E-state index contributed by atoms with van der Waals surface area (Å²) >= 11 is 0. The Morgan fingerprint density at radius 1 is 1.22 bits per heavy atom. The Hall–Kier alpha value is -2.45. The molecule has 0 aromatic carbocycles. The van der Waals surface area contributed by atoms with Crippen molar-refractivity contribution in [3.63, 3.8) is 0 Å². The maximum atomic E-state index is 12.3. The Kier molecular flexibility index (Phi) is 4.01. The minimum absolute atomic E-state index is 0.0838. The highest BCUT2D eigenvalue weighted by atomic mass is 32.2. The summed E-state index contributed by atoms with van der Waals surface area (Å²) in [7, 11) is -3.68. The Balaban J connectivity index is 1.73. The summed E-state index contributed by atoms with van der Waals surface area (Å²) in [5, 5.41) is 3.66. The summed E-state index contributed by atoms with van der Waals surface area (Å²) in [6.45, 7) is 3.28. The minimum atomic E-state index is -3.68. The van der Waals surface area contributed by atoms with E-state index in [2.05, 4.69) is 14.9 Å². The van der Waals surface area contributed by atoms with Crippen LogP contribution in [0.1, 0.15) is 17.0 Å². The molecule has 0 aliphatic carbocycles. The van der Waals surface area contributed by atoms with Crippen molar-refractivity contribution in [3.8, 4) is 11.3 Å². The number of rotatable bonds is 5. The first-order valence-electron chi connectivity index (χ1n) is 6.87. The van der Waals surface area contributed by atoms with E-state index in [1.807, 2.05) is 18.2 Å². The van der Waals surface area contributed by atoms with Gasteiger partial charge in [-0.2, -0.15) is 0 Å². The van der Waals surface area contributed by atoms with Crippen LogP contribution in [-0.4, -0.2) is 18.6 Å². The third-order valence-electron chi connectivity index (χ3n) is 3.34. The fraction of sp³-hybridized carbons (Fsp3) is 0.200. The summed E-state index contributed by atoms with van der Waals surface area (Å²) < 4.78 is 37.1. The molecule has 0 aliphatic rings. The third-order valence-corrected chi connectivity index (χ3v) is 4.99. The van der Waals surface area contributed by atoms with Crippen LogP contribution >= 0.6 is 0 Å². The summed E-state index contributed by atoms with van der Waals surface area (Å²) in [6.07, 6.45) is 4.79. The van der Waals surface area contributed by atoms with Crippen LogP contribution in [0.2, 0.25) is 0 Å². The summed E-state index contributed by atoms with van der Waals surface area (Å²) in [6, 6.07) is 5.43. The molecule has 3 rings (SSSR count). The van der Waals surface area contributed by atoms with Crippen molar-refractivity contribution in [2.75, 3.05) is 0 Å². The van der Waals surface area contributed by atoms with Crippen molar-refractivity contribution in [2.24, 2.45) is 0 Å². The fourth-order valence-electron chi connectivity index (χ4n) is 2.22. The quantitative estimate of drug-likeness (QED) is 0.770. The molecule has 7 nitrogen and oxygen atoms in total. The molecule has 0 unspecified atom stereocenters. The van der Waals surface area contributed by atoms with E-state index in [1.54, 1.807) is 32.6 Å². The Bertz CT molecular complexity index is 877. The van der Waals surface area contributed by atoms with Crippen LogP contribution in [0.15, 0.2) is 50.8 Å². The van der Waals surface area contributed by atoms with E-state index in [0.29, 0.717) is 5.69 Å². The molecule has 8 heteroatoms. The maximum Gasteiger partial charge on any atom is 0.246 e. The van der Waals surface area contributed by atoms with Crippen LogP contribution in [0, 0.1) is 13.8 Å². The van der Waals surface area contributed by atoms with E-state index in [0.717, 1.165) is 16.8 Å². The lowest BCUT2D eigenvalue weighted by molar-refractivity contribution is 0.390. The Morgan fingerprint density at radius 3 is 2.61 bits per heavy atom. The van der Waals surface area contributed by atoms with Crippen molar-refractivity contribution in [2.45, 2.75) is 25.3 Å². The second-order valence-corrected chi connectivity index (χ2v) is 6.75. The molecule has 0 amide bonds. The second-order valence-electron chi connectivity index (χ2n) is 5.04. The van der Waals surface area contributed by atoms with E-state index < -0.39 is 10.0 Å². The summed E-state index contributed by atoms with van der Waals surface area (Å²) in [5.74, 6) is 0.267. The van der Waals surface area contributed by atoms with Gasteiger partial charge in [0.2, 0.25) is 10.0 Å². The zero-order valence-electron chi connectivity index (χ0n) is 12.6. The zero-order chi connectivity index (χ0) is 16.4.